The molecule has 22 heavy (non-hydrogen) atoms. The van der Waals surface area contributed by atoms with Crippen LogP contribution in [0, 0.1) is 6.92 Å². The Morgan fingerprint density at radius 3 is 2.23 bits per heavy atom. The van der Waals surface area contributed by atoms with Crippen LogP contribution in [0.3, 0.4) is 0 Å². The summed E-state index contributed by atoms with van der Waals surface area (Å²) in [7, 11) is -2.79. The summed E-state index contributed by atoms with van der Waals surface area (Å²) < 4.78 is 30.5. The highest BCUT2D eigenvalue weighted by molar-refractivity contribution is 7.89. The quantitative estimate of drug-likeness (QED) is 0.725. The fourth-order valence-electron chi connectivity index (χ4n) is 1.33. The molecule has 2 N–H and O–H groups in total. The van der Waals surface area contributed by atoms with E-state index < -0.39 is 28.4 Å². The monoisotopic (exact) mass is 368 g/mol. The second-order valence-corrected chi connectivity index (χ2v) is 6.77. The van der Waals surface area contributed by atoms with E-state index in [1.807, 2.05) is 0 Å². The lowest BCUT2D eigenvalue weighted by molar-refractivity contribution is -0.141. The first-order valence-electron chi connectivity index (χ1n) is 5.96. The molecule has 1 rings (SSSR count). The number of nitrogens with one attached hydrogen (secondary N) is 2. The van der Waals surface area contributed by atoms with Crippen LogP contribution in [0.4, 0.5) is 0 Å². The Morgan fingerprint density at radius 2 is 1.73 bits per heavy atom. The van der Waals surface area contributed by atoms with Gasteiger partial charge in [0.15, 0.2) is 0 Å². The van der Waals surface area contributed by atoms with Crippen molar-refractivity contribution in [3.8, 4) is 0 Å². The number of carbonyl (C=O) groups is 2. The molecule has 0 saturated heterocycles. The van der Waals surface area contributed by atoms with E-state index in [1.165, 1.54) is 19.2 Å². The first-order valence-corrected chi connectivity index (χ1v) is 8.20. The molecule has 1 aromatic rings. The summed E-state index contributed by atoms with van der Waals surface area (Å²) in [6, 6.07) is 2.47. The van der Waals surface area contributed by atoms with Crippen LogP contribution in [0.25, 0.3) is 0 Å². The highest BCUT2D eigenvalue weighted by Gasteiger charge is 2.18. The van der Waals surface area contributed by atoms with Gasteiger partial charge in [0.05, 0.1) is 18.6 Å². The van der Waals surface area contributed by atoms with Gasteiger partial charge in [-0.15, -0.1) is 0 Å². The molecule has 0 aliphatic rings. The van der Waals surface area contributed by atoms with Crippen LogP contribution in [0.5, 0.6) is 0 Å². The zero-order valence-electron chi connectivity index (χ0n) is 11.8. The summed E-state index contributed by atoms with van der Waals surface area (Å²) in [6.45, 7) is 0.760. The van der Waals surface area contributed by atoms with Gasteiger partial charge in [0, 0.05) is 10.0 Å². The van der Waals surface area contributed by atoms with Gasteiger partial charge in [-0.1, -0.05) is 23.2 Å². The van der Waals surface area contributed by atoms with Crippen molar-refractivity contribution in [1.29, 1.82) is 0 Å². The number of halogens is 2. The van der Waals surface area contributed by atoms with Crippen molar-refractivity contribution >= 4 is 45.1 Å². The minimum absolute atomic E-state index is 0.158. The summed E-state index contributed by atoms with van der Waals surface area (Å²) in [4.78, 5) is 22.1. The molecule has 0 saturated carbocycles. The number of carbonyl (C=O) groups excluding carboxylic acids is 2. The first kappa shape index (κ1) is 18.7. The van der Waals surface area contributed by atoms with E-state index >= 15 is 0 Å². The summed E-state index contributed by atoms with van der Waals surface area (Å²) in [5.74, 6) is -1.33. The van der Waals surface area contributed by atoms with Gasteiger partial charge in [-0.05, 0) is 24.6 Å². The molecule has 0 bridgehead atoms. The number of esters is 1. The van der Waals surface area contributed by atoms with Gasteiger partial charge in [0.2, 0.25) is 15.9 Å². The summed E-state index contributed by atoms with van der Waals surface area (Å²) in [6.07, 6.45) is 0. The Hall–Kier alpha value is -1.35. The predicted octanol–water partition coefficient (Wildman–Crippen LogP) is 0.869. The SMILES string of the molecule is COC(=O)CNC(=O)CNS(=O)(=O)c1cc(Cl)c(C)c(Cl)c1. The zero-order chi connectivity index (χ0) is 16.9. The Bertz CT molecular complexity index is 668. The molecule has 0 spiro atoms. The number of benzene rings is 1. The van der Waals surface area contributed by atoms with Gasteiger partial charge >= 0.3 is 5.97 Å². The number of hydrogen-bond donors (Lipinski definition) is 2. The molecule has 0 fully saturated rings. The third-order valence-electron chi connectivity index (χ3n) is 2.65. The molecule has 0 radical (unpaired) electrons. The Labute approximate surface area is 138 Å². The Morgan fingerprint density at radius 1 is 1.18 bits per heavy atom. The lowest BCUT2D eigenvalue weighted by Gasteiger charge is -2.09. The summed E-state index contributed by atoms with van der Waals surface area (Å²) in [5, 5.41) is 2.59. The van der Waals surface area contributed by atoms with E-state index in [4.69, 9.17) is 23.2 Å². The number of ether oxygens (including phenoxy) is 1. The average molecular weight is 369 g/mol. The van der Waals surface area contributed by atoms with Crippen molar-refractivity contribution < 1.29 is 22.7 Å². The molecule has 10 heteroatoms. The van der Waals surface area contributed by atoms with Gasteiger partial charge in [-0.3, -0.25) is 9.59 Å². The minimum atomic E-state index is -3.96. The molecule has 1 amide bonds. The maximum atomic E-state index is 12.0. The second-order valence-electron chi connectivity index (χ2n) is 4.19. The molecule has 7 nitrogen and oxygen atoms in total. The largest absolute Gasteiger partial charge is 0.468 e. The van der Waals surface area contributed by atoms with Gasteiger partial charge in [0.25, 0.3) is 0 Å². The fourth-order valence-corrected chi connectivity index (χ4v) is 2.98. The molecule has 1 aromatic carbocycles. The highest BCUT2D eigenvalue weighted by Crippen LogP contribution is 2.27. The predicted molar refractivity (Wildman–Crippen MR) is 81.4 cm³/mol. The fraction of sp³-hybridized carbons (Fsp3) is 0.333. The normalized spacial score (nSPS) is 11.1. The highest BCUT2D eigenvalue weighted by atomic mass is 35.5. The third kappa shape index (κ3) is 5.13. The number of sulfonamides is 1. The van der Waals surface area contributed by atoms with Crippen LogP contribution in [0.1, 0.15) is 5.56 Å². The second kappa shape index (κ2) is 7.77. The maximum Gasteiger partial charge on any atom is 0.325 e. The van der Waals surface area contributed by atoms with Crippen molar-refractivity contribution in [3.05, 3.63) is 27.7 Å². The van der Waals surface area contributed by atoms with Crippen molar-refractivity contribution in [2.75, 3.05) is 20.2 Å². The summed E-state index contributed by atoms with van der Waals surface area (Å²) in [5.41, 5.74) is 0.554. The van der Waals surface area contributed by atoms with E-state index in [0.29, 0.717) is 5.56 Å². The number of hydrogen-bond acceptors (Lipinski definition) is 5. The van der Waals surface area contributed by atoms with Crippen LogP contribution in [-0.4, -0.2) is 40.5 Å². The minimum Gasteiger partial charge on any atom is -0.468 e. The van der Waals surface area contributed by atoms with E-state index in [9.17, 15) is 18.0 Å². The molecule has 0 unspecified atom stereocenters. The molecular weight excluding hydrogens is 355 g/mol. The van der Waals surface area contributed by atoms with Crippen LogP contribution in [0.2, 0.25) is 10.0 Å². The van der Waals surface area contributed by atoms with Crippen LogP contribution >= 0.6 is 23.2 Å². The van der Waals surface area contributed by atoms with Crippen molar-refractivity contribution in [1.82, 2.24) is 10.0 Å². The standard InChI is InChI=1S/C12H14Cl2N2O5S/c1-7-9(13)3-8(4-10(7)14)22(19,20)16-5-11(17)15-6-12(18)21-2/h3-4,16H,5-6H2,1-2H3,(H,15,17). The number of rotatable bonds is 6. The van der Waals surface area contributed by atoms with Gasteiger partial charge < -0.3 is 10.1 Å². The molecule has 0 aromatic heterocycles. The van der Waals surface area contributed by atoms with Crippen molar-refractivity contribution in [2.24, 2.45) is 0 Å². The van der Waals surface area contributed by atoms with Crippen molar-refractivity contribution in [2.45, 2.75) is 11.8 Å². The van der Waals surface area contributed by atoms with E-state index in [0.717, 1.165) is 0 Å². The number of methoxy groups -OCH3 is 1. The molecule has 122 valence electrons. The smallest absolute Gasteiger partial charge is 0.325 e. The van der Waals surface area contributed by atoms with E-state index in [-0.39, 0.29) is 21.5 Å². The maximum absolute atomic E-state index is 12.0. The van der Waals surface area contributed by atoms with Crippen LogP contribution in [-0.2, 0) is 24.3 Å². The topological polar surface area (TPSA) is 102 Å². The number of amides is 1. The molecule has 0 heterocycles. The molecular formula is C12H14Cl2N2O5S. The molecule has 0 atom stereocenters. The molecule has 0 aliphatic heterocycles. The van der Waals surface area contributed by atoms with E-state index in [1.54, 1.807) is 6.92 Å². The lowest BCUT2D eigenvalue weighted by atomic mass is 10.2. The zero-order valence-corrected chi connectivity index (χ0v) is 14.1. The first-order chi connectivity index (χ1) is 10.2. The average Bonchev–Trinajstić information content (AvgIpc) is 2.47. The van der Waals surface area contributed by atoms with Crippen molar-refractivity contribution in [3.63, 3.8) is 0 Å². The Balaban J connectivity index is 2.72. The lowest BCUT2D eigenvalue weighted by Crippen LogP contribution is -2.39. The molecule has 0 aliphatic carbocycles. The van der Waals surface area contributed by atoms with Gasteiger partial charge in [0.1, 0.15) is 6.54 Å². The van der Waals surface area contributed by atoms with E-state index in [2.05, 4.69) is 14.8 Å². The van der Waals surface area contributed by atoms with Gasteiger partial charge in [-0.25, -0.2) is 13.1 Å². The van der Waals surface area contributed by atoms with Gasteiger partial charge in [-0.2, -0.15) is 0 Å². The Kier molecular flexibility index (Phi) is 6.61. The van der Waals surface area contributed by atoms with Crippen LogP contribution < -0.4 is 10.0 Å². The summed E-state index contributed by atoms with van der Waals surface area (Å²) >= 11 is 11.8. The third-order valence-corrected chi connectivity index (χ3v) is 4.81. The van der Waals surface area contributed by atoms with Crippen LogP contribution in [0.15, 0.2) is 17.0 Å².